The molecule has 0 aromatic heterocycles. The molecule has 0 amide bonds. The molecule has 1 saturated carbocycles. The second-order valence-electron chi connectivity index (χ2n) is 6.84. The van der Waals surface area contributed by atoms with E-state index in [0.29, 0.717) is 23.2 Å². The maximum absolute atomic E-state index is 11.6. The molecule has 0 spiro atoms. The second-order valence-corrected chi connectivity index (χ2v) is 6.84. The van der Waals surface area contributed by atoms with Crippen molar-refractivity contribution in [3.63, 3.8) is 0 Å². The molecule has 0 radical (unpaired) electrons. The molecule has 2 heteroatoms. The van der Waals surface area contributed by atoms with E-state index in [0.717, 1.165) is 38.2 Å². The quantitative estimate of drug-likeness (QED) is 0.656. The molecule has 0 aromatic carbocycles. The maximum Gasteiger partial charge on any atom is 0.155 e. The Morgan fingerprint density at radius 1 is 1.28 bits per heavy atom. The van der Waals surface area contributed by atoms with Crippen LogP contribution in [0, 0.1) is 17.3 Å². The van der Waals surface area contributed by atoms with E-state index in [1.165, 1.54) is 18.4 Å². The zero-order chi connectivity index (χ0) is 12.8. The zero-order valence-corrected chi connectivity index (χ0v) is 11.6. The van der Waals surface area contributed by atoms with E-state index in [2.05, 4.69) is 13.8 Å². The van der Waals surface area contributed by atoms with Crippen LogP contribution in [0.2, 0.25) is 0 Å². The SMILES string of the molecule is C[C@@H]1CC[C@]2(C)COC2CCC2=CC(=O)CC[C@@H]21. The van der Waals surface area contributed by atoms with E-state index in [1.54, 1.807) is 0 Å². The summed E-state index contributed by atoms with van der Waals surface area (Å²) in [6, 6.07) is 0. The lowest BCUT2D eigenvalue weighted by Gasteiger charge is -2.47. The van der Waals surface area contributed by atoms with Crippen LogP contribution in [0.5, 0.6) is 0 Å². The molecular formula is C16H24O2. The van der Waals surface area contributed by atoms with E-state index < -0.39 is 0 Å². The van der Waals surface area contributed by atoms with E-state index in [4.69, 9.17) is 4.74 Å². The van der Waals surface area contributed by atoms with Crippen LogP contribution in [-0.2, 0) is 9.53 Å². The van der Waals surface area contributed by atoms with Gasteiger partial charge in [0, 0.05) is 11.8 Å². The predicted octanol–water partition coefficient (Wildman–Crippen LogP) is 3.51. The molecule has 3 rings (SSSR count). The fourth-order valence-electron chi connectivity index (χ4n) is 3.98. The third-order valence-electron chi connectivity index (χ3n) is 5.47. The Bertz CT molecular complexity index is 385. The van der Waals surface area contributed by atoms with Gasteiger partial charge < -0.3 is 4.74 Å². The molecule has 0 aromatic rings. The van der Waals surface area contributed by atoms with Crippen LogP contribution in [0.4, 0.5) is 0 Å². The van der Waals surface area contributed by atoms with E-state index in [9.17, 15) is 4.79 Å². The number of carbonyl (C=O) groups excluding carboxylic acids is 1. The lowest BCUT2D eigenvalue weighted by atomic mass is 9.73. The summed E-state index contributed by atoms with van der Waals surface area (Å²) in [4.78, 5) is 11.6. The summed E-state index contributed by atoms with van der Waals surface area (Å²) in [6.45, 7) is 5.69. The van der Waals surface area contributed by atoms with Gasteiger partial charge in [0.1, 0.15) is 0 Å². The van der Waals surface area contributed by atoms with Crippen molar-refractivity contribution < 1.29 is 9.53 Å². The molecule has 1 saturated heterocycles. The minimum Gasteiger partial charge on any atom is -0.377 e. The number of fused-ring (bicyclic) bond motifs is 2. The topological polar surface area (TPSA) is 26.3 Å². The van der Waals surface area contributed by atoms with Gasteiger partial charge in [0.2, 0.25) is 0 Å². The summed E-state index contributed by atoms with van der Waals surface area (Å²) in [5.74, 6) is 1.72. The Balaban J connectivity index is 1.82. The Kier molecular flexibility index (Phi) is 3.09. The number of carbonyl (C=O) groups is 1. The fraction of sp³-hybridized carbons (Fsp3) is 0.812. The Morgan fingerprint density at radius 2 is 2.11 bits per heavy atom. The maximum atomic E-state index is 11.6. The Morgan fingerprint density at radius 3 is 2.83 bits per heavy atom. The summed E-state index contributed by atoms with van der Waals surface area (Å²) in [6.07, 6.45) is 8.97. The van der Waals surface area contributed by atoms with Crippen LogP contribution >= 0.6 is 0 Å². The Labute approximate surface area is 110 Å². The van der Waals surface area contributed by atoms with Gasteiger partial charge in [0.05, 0.1) is 12.7 Å². The van der Waals surface area contributed by atoms with Crippen molar-refractivity contribution in [2.45, 2.75) is 58.5 Å². The van der Waals surface area contributed by atoms with Crippen LogP contribution in [0.3, 0.4) is 0 Å². The first-order valence-electron chi connectivity index (χ1n) is 7.43. The van der Waals surface area contributed by atoms with Crippen molar-refractivity contribution in [2.75, 3.05) is 6.61 Å². The highest BCUT2D eigenvalue weighted by molar-refractivity contribution is 5.91. The number of rotatable bonds is 0. The van der Waals surface area contributed by atoms with Crippen molar-refractivity contribution in [2.24, 2.45) is 17.3 Å². The standard InChI is InChI=1S/C16H24O2/c1-11-7-8-16(2)10-18-15(16)6-3-12-9-13(17)4-5-14(11)12/h9,11,14-15H,3-8,10H2,1-2H3/t11-,14-,15?,16-/m1/s1. The van der Waals surface area contributed by atoms with Crippen LogP contribution in [0.25, 0.3) is 0 Å². The van der Waals surface area contributed by atoms with Crippen molar-refractivity contribution in [1.29, 1.82) is 0 Å². The number of hydrogen-bond acceptors (Lipinski definition) is 2. The van der Waals surface area contributed by atoms with Gasteiger partial charge in [-0.15, -0.1) is 0 Å². The third kappa shape index (κ3) is 2.05. The lowest BCUT2D eigenvalue weighted by Crippen LogP contribution is -2.49. The smallest absolute Gasteiger partial charge is 0.155 e. The highest BCUT2D eigenvalue weighted by Gasteiger charge is 2.45. The molecule has 1 heterocycles. The van der Waals surface area contributed by atoms with Crippen LogP contribution in [0.15, 0.2) is 11.6 Å². The summed E-state index contributed by atoms with van der Waals surface area (Å²) in [7, 11) is 0. The molecule has 2 fully saturated rings. The highest BCUT2D eigenvalue weighted by Crippen LogP contribution is 2.47. The van der Waals surface area contributed by atoms with Gasteiger partial charge in [0.25, 0.3) is 0 Å². The summed E-state index contributed by atoms with van der Waals surface area (Å²) >= 11 is 0. The molecule has 2 nitrogen and oxygen atoms in total. The average Bonchev–Trinajstić information content (AvgIpc) is 2.36. The van der Waals surface area contributed by atoms with Gasteiger partial charge in [-0.25, -0.2) is 0 Å². The zero-order valence-electron chi connectivity index (χ0n) is 11.6. The van der Waals surface area contributed by atoms with Crippen LogP contribution in [0.1, 0.15) is 52.4 Å². The van der Waals surface area contributed by atoms with Crippen molar-refractivity contribution in [3.05, 3.63) is 11.6 Å². The third-order valence-corrected chi connectivity index (χ3v) is 5.47. The molecule has 100 valence electrons. The predicted molar refractivity (Wildman–Crippen MR) is 71.3 cm³/mol. The Hall–Kier alpha value is -0.630. The molecule has 0 bridgehead atoms. The first-order valence-corrected chi connectivity index (χ1v) is 7.43. The average molecular weight is 248 g/mol. The monoisotopic (exact) mass is 248 g/mol. The number of ether oxygens (including phenoxy) is 1. The van der Waals surface area contributed by atoms with Gasteiger partial charge in [-0.2, -0.15) is 0 Å². The van der Waals surface area contributed by atoms with Gasteiger partial charge in [-0.3, -0.25) is 4.79 Å². The van der Waals surface area contributed by atoms with Gasteiger partial charge in [0.15, 0.2) is 5.78 Å². The fourth-order valence-corrected chi connectivity index (χ4v) is 3.98. The molecule has 1 unspecified atom stereocenters. The molecule has 18 heavy (non-hydrogen) atoms. The lowest BCUT2D eigenvalue weighted by molar-refractivity contribution is -0.184. The first-order chi connectivity index (χ1) is 8.58. The van der Waals surface area contributed by atoms with Crippen molar-refractivity contribution in [1.82, 2.24) is 0 Å². The highest BCUT2D eigenvalue weighted by atomic mass is 16.5. The molecule has 4 atom stereocenters. The van der Waals surface area contributed by atoms with Gasteiger partial charge in [-0.05, 0) is 50.0 Å². The van der Waals surface area contributed by atoms with E-state index >= 15 is 0 Å². The second kappa shape index (κ2) is 4.48. The van der Waals surface area contributed by atoms with Crippen molar-refractivity contribution in [3.8, 4) is 0 Å². The summed E-state index contributed by atoms with van der Waals surface area (Å²) < 4.78 is 5.76. The normalized spacial score (nSPS) is 44.7. The molecule has 0 N–H and O–H groups in total. The van der Waals surface area contributed by atoms with Crippen LogP contribution in [-0.4, -0.2) is 18.5 Å². The largest absolute Gasteiger partial charge is 0.377 e. The number of allylic oxidation sites excluding steroid dienone is 2. The number of ketones is 1. The summed E-state index contributed by atoms with van der Waals surface area (Å²) in [5, 5.41) is 0. The number of hydrogen-bond donors (Lipinski definition) is 0. The summed E-state index contributed by atoms with van der Waals surface area (Å²) in [5.41, 5.74) is 1.82. The minimum atomic E-state index is 0.338. The molecule has 3 aliphatic rings. The molecular weight excluding hydrogens is 224 g/mol. The van der Waals surface area contributed by atoms with Gasteiger partial charge >= 0.3 is 0 Å². The van der Waals surface area contributed by atoms with Crippen LogP contribution < -0.4 is 0 Å². The van der Waals surface area contributed by atoms with Gasteiger partial charge in [-0.1, -0.05) is 19.4 Å². The van der Waals surface area contributed by atoms with E-state index in [1.807, 2.05) is 6.08 Å². The first kappa shape index (κ1) is 12.4. The molecule has 1 aliphatic heterocycles. The van der Waals surface area contributed by atoms with E-state index in [-0.39, 0.29) is 0 Å². The molecule has 2 aliphatic carbocycles. The minimum absolute atomic E-state index is 0.338. The van der Waals surface area contributed by atoms with Crippen molar-refractivity contribution >= 4 is 5.78 Å².